The number of aromatic nitrogens is 2. The summed E-state index contributed by atoms with van der Waals surface area (Å²) in [4.78, 5) is 15.7. The summed E-state index contributed by atoms with van der Waals surface area (Å²) in [5.41, 5.74) is 0.0811. The van der Waals surface area contributed by atoms with Crippen molar-refractivity contribution in [3.05, 3.63) is 27.8 Å². The van der Waals surface area contributed by atoms with E-state index < -0.39 is 32.5 Å². The van der Waals surface area contributed by atoms with Gasteiger partial charge in [0.2, 0.25) is 0 Å². The lowest BCUT2D eigenvalue weighted by Crippen LogP contribution is -2.13. The molecule has 2 rings (SSSR count). The molecule has 0 amide bonds. The summed E-state index contributed by atoms with van der Waals surface area (Å²) in [7, 11) is -6.36. The molecule has 0 bridgehead atoms. The molecule has 0 fully saturated rings. The van der Waals surface area contributed by atoms with Crippen LogP contribution in [0.25, 0.3) is 11.2 Å². The van der Waals surface area contributed by atoms with Gasteiger partial charge in [0, 0.05) is 26.3 Å². The number of nitrogens with zero attached hydrogens (tertiary/aromatic N) is 2. The minimum absolute atomic E-state index is 0.0382. The number of rotatable bonds is 5. The maximum absolute atomic E-state index is 12.5. The van der Waals surface area contributed by atoms with E-state index in [0.29, 0.717) is 0 Å². The van der Waals surface area contributed by atoms with Crippen molar-refractivity contribution in [3.8, 4) is 0 Å². The Morgan fingerprint density at radius 1 is 1.63 bits per heavy atom. The predicted molar refractivity (Wildman–Crippen MR) is 72.5 cm³/mol. The Labute approximate surface area is 125 Å². The van der Waals surface area contributed by atoms with Crippen molar-refractivity contribution >= 4 is 41.0 Å². The molecule has 10 heteroatoms. The molecule has 19 heavy (non-hydrogen) atoms. The maximum Gasteiger partial charge on any atom is 0.421 e. The minimum atomic E-state index is -4.67. The van der Waals surface area contributed by atoms with E-state index in [2.05, 4.69) is 14.0 Å². The molecule has 0 saturated heterocycles. The van der Waals surface area contributed by atoms with Gasteiger partial charge in [0.05, 0.1) is 19.1 Å². The van der Waals surface area contributed by atoms with Gasteiger partial charge in [0.1, 0.15) is 0 Å². The molecule has 7 nitrogen and oxygen atoms in total. The smallest absolute Gasteiger partial charge is 0.406 e. The monoisotopic (exact) mass is 330 g/mol. The molecule has 0 aliphatic rings. The Hall–Kier alpha value is -0.790. The highest BCUT2D eigenvalue weighted by atomic mass is 35.5. The van der Waals surface area contributed by atoms with Gasteiger partial charge in [0.25, 0.3) is 0 Å². The van der Waals surface area contributed by atoms with Crippen LogP contribution < -0.4 is 5.76 Å². The van der Waals surface area contributed by atoms with Crippen molar-refractivity contribution in [2.24, 2.45) is 0 Å². The number of pyridine rings is 1. The normalized spacial score (nSPS) is 18.2. The highest BCUT2D eigenvalue weighted by Crippen LogP contribution is 2.59. The first-order valence-electron chi connectivity index (χ1n) is 7.59. The van der Waals surface area contributed by atoms with Crippen LogP contribution in [0, 0.1) is 0 Å². The average molecular weight is 331 g/mol. The van der Waals surface area contributed by atoms with Crippen molar-refractivity contribution < 1.29 is 26.3 Å². The van der Waals surface area contributed by atoms with E-state index in [9.17, 15) is 9.36 Å². The van der Waals surface area contributed by atoms with Gasteiger partial charge < -0.3 is 13.5 Å². The number of oxazole rings is 1. The van der Waals surface area contributed by atoms with Gasteiger partial charge in [-0.05, 0) is 11.4 Å². The molecule has 0 atom stereocenters. The van der Waals surface area contributed by atoms with E-state index in [4.69, 9.17) is 24.2 Å². The zero-order valence-electron chi connectivity index (χ0n) is 15.0. The van der Waals surface area contributed by atoms with Crippen LogP contribution in [0.5, 0.6) is 0 Å². The lowest BCUT2D eigenvalue weighted by Gasteiger charge is -2.11. The second-order valence-electron chi connectivity index (χ2n) is 3.16. The molecule has 0 radical (unpaired) electrons. The molecule has 2 aromatic rings. The van der Waals surface area contributed by atoms with Gasteiger partial charge in [-0.2, -0.15) is 0 Å². The van der Waals surface area contributed by atoms with E-state index in [-0.39, 0.29) is 27.6 Å². The molecule has 0 aliphatic carbocycles. The fourth-order valence-corrected chi connectivity index (χ4v) is 3.10. The molecule has 104 valence electrons. The molecule has 0 spiro atoms. The van der Waals surface area contributed by atoms with E-state index in [1.165, 1.54) is 12.3 Å². The van der Waals surface area contributed by atoms with Crippen molar-refractivity contribution in [2.75, 3.05) is 14.1 Å². The van der Waals surface area contributed by atoms with Crippen LogP contribution in [-0.2, 0) is 19.5 Å². The lowest BCUT2D eigenvalue weighted by atomic mass is 10.4. The Balaban J connectivity index is 2.31. The molecule has 0 unspecified atom stereocenters. The van der Waals surface area contributed by atoms with Gasteiger partial charge in [0.15, 0.2) is 11.2 Å². The Kier molecular flexibility index (Phi) is 2.54. The number of fused-ring (bicyclic) bond motifs is 1. The van der Waals surface area contributed by atoms with Crippen LogP contribution in [0.15, 0.2) is 21.5 Å². The zero-order valence-corrected chi connectivity index (χ0v) is 11.5. The van der Waals surface area contributed by atoms with Gasteiger partial charge >= 0.3 is 12.6 Å². The van der Waals surface area contributed by atoms with E-state index >= 15 is 0 Å². The predicted octanol–water partition coefficient (Wildman–Crippen LogP) is 2.73. The summed E-state index contributed by atoms with van der Waals surface area (Å²) in [6.45, 7) is -4.67. The molecule has 2 aromatic heterocycles. The van der Waals surface area contributed by atoms with Crippen LogP contribution >= 0.6 is 29.8 Å². The van der Waals surface area contributed by atoms with Crippen LogP contribution in [0.3, 0.4) is 0 Å². The highest BCUT2D eigenvalue weighted by molar-refractivity contribution is 8.54. The third-order valence-electron chi connectivity index (χ3n) is 2.04. The summed E-state index contributed by atoms with van der Waals surface area (Å²) in [5.74, 6) is -1.39. The quantitative estimate of drug-likeness (QED) is 0.779. The summed E-state index contributed by atoms with van der Waals surface area (Å²) in [6, 6.07) is 1.32. The van der Waals surface area contributed by atoms with Crippen LogP contribution in [0.1, 0.15) is 8.22 Å². The highest BCUT2D eigenvalue weighted by Gasteiger charge is 2.23. The summed E-state index contributed by atoms with van der Waals surface area (Å²) >= 11 is 5.92. The molecular formula is C9H10ClN2O5PS. The first kappa shape index (κ1) is 8.49. The number of hydrogen-bond acceptors (Lipinski definition) is 7. The summed E-state index contributed by atoms with van der Waals surface area (Å²) in [5, 5.41) is 0.211. The van der Waals surface area contributed by atoms with Crippen LogP contribution in [-0.4, -0.2) is 23.6 Å². The fourth-order valence-electron chi connectivity index (χ4n) is 1.24. The zero-order chi connectivity index (χ0) is 19.0. The number of halogens is 1. The first-order chi connectivity index (χ1) is 11.3. The molecule has 0 saturated carbocycles. The Morgan fingerprint density at radius 3 is 3.05 bits per heavy atom. The topological polar surface area (TPSA) is 83.6 Å². The molecule has 0 N–H and O–H groups in total. The summed E-state index contributed by atoms with van der Waals surface area (Å²) < 4.78 is 68.8. The fraction of sp³-hybridized carbons (Fsp3) is 0.333. The van der Waals surface area contributed by atoms with Gasteiger partial charge in [-0.1, -0.05) is 11.6 Å². The molecule has 0 aliphatic heterocycles. The lowest BCUT2D eigenvalue weighted by molar-refractivity contribution is 0.295. The molecule has 0 aromatic carbocycles. The second kappa shape index (κ2) is 5.68. The molecular weight excluding hydrogens is 315 g/mol. The van der Waals surface area contributed by atoms with Crippen LogP contribution in [0.2, 0.25) is 5.02 Å². The third-order valence-corrected chi connectivity index (χ3v) is 5.13. The Morgan fingerprint density at radius 2 is 2.37 bits per heavy atom. The van der Waals surface area contributed by atoms with E-state index in [0.717, 1.165) is 4.57 Å². The average Bonchev–Trinajstić information content (AvgIpc) is 2.66. The maximum atomic E-state index is 12.5. The van der Waals surface area contributed by atoms with Crippen molar-refractivity contribution in [2.45, 2.75) is 5.88 Å². The third kappa shape index (κ3) is 3.04. The first-order valence-corrected chi connectivity index (χ1v) is 8.10. The molecule has 2 heterocycles. The largest absolute Gasteiger partial charge is 0.421 e. The van der Waals surface area contributed by atoms with Crippen molar-refractivity contribution in [1.29, 1.82) is 0 Å². The van der Waals surface area contributed by atoms with Gasteiger partial charge in [-0.3, -0.25) is 0 Å². The number of hydrogen-bond donors (Lipinski definition) is 0. The standard InChI is InChI=1S/C9H10ClN2O5PS/c1-15-18(14,16-2)19-5-12-8-7(17-9(12)13)3-6(10)4-11-8/h3-4H,5H2,1-2H3/i1D3,2D3. The summed E-state index contributed by atoms with van der Waals surface area (Å²) in [6.07, 6.45) is 1.23. The van der Waals surface area contributed by atoms with Gasteiger partial charge in [-0.15, -0.1) is 0 Å². The van der Waals surface area contributed by atoms with Crippen molar-refractivity contribution in [3.63, 3.8) is 0 Å². The Bertz CT molecular complexity index is 860. The van der Waals surface area contributed by atoms with Gasteiger partial charge in [-0.25, -0.2) is 18.9 Å². The van der Waals surface area contributed by atoms with E-state index in [1.54, 1.807) is 0 Å². The van der Waals surface area contributed by atoms with Crippen molar-refractivity contribution in [1.82, 2.24) is 9.55 Å². The second-order valence-corrected chi connectivity index (χ2v) is 7.49. The minimum Gasteiger partial charge on any atom is -0.406 e. The van der Waals surface area contributed by atoms with E-state index in [1.807, 2.05) is 0 Å². The SMILES string of the molecule is [2H]C([2H])([2H])OP(=O)(OC([2H])([2H])[2H])SCn1c(=O)oc2cc(Cl)cnc21. The van der Waals surface area contributed by atoms with Crippen LogP contribution in [0.4, 0.5) is 0 Å².